The van der Waals surface area contributed by atoms with Gasteiger partial charge in [-0.15, -0.1) is 0 Å². The molecule has 3 rings (SSSR count). The molecule has 1 atom stereocenters. The molecule has 0 saturated carbocycles. The number of ether oxygens (including phenoxy) is 1. The van der Waals surface area contributed by atoms with Crippen LogP contribution in [-0.4, -0.2) is 24.2 Å². The Morgan fingerprint density at radius 3 is 3.05 bits per heavy atom. The lowest BCUT2D eigenvalue weighted by atomic mass is 10.2. The quantitative estimate of drug-likeness (QED) is 0.922. The third-order valence-electron chi connectivity index (χ3n) is 3.38. The number of halogens is 2. The number of fused-ring (bicyclic) bond motifs is 1. The summed E-state index contributed by atoms with van der Waals surface area (Å²) in [6.07, 6.45) is 4.14. The first-order valence-corrected chi connectivity index (χ1v) is 7.51. The lowest BCUT2D eigenvalue weighted by molar-refractivity contribution is 0.271. The molecule has 0 spiro atoms. The van der Waals surface area contributed by atoms with Gasteiger partial charge >= 0.3 is 0 Å². The molecule has 1 aromatic heterocycles. The highest BCUT2D eigenvalue weighted by molar-refractivity contribution is 9.10. The van der Waals surface area contributed by atoms with Gasteiger partial charge in [0.1, 0.15) is 6.61 Å². The summed E-state index contributed by atoms with van der Waals surface area (Å²) in [5, 5.41) is 6.12. The van der Waals surface area contributed by atoms with Crippen molar-refractivity contribution in [3.05, 3.63) is 33.9 Å². The summed E-state index contributed by atoms with van der Waals surface area (Å²) in [5.74, 6) is 0.670. The van der Waals surface area contributed by atoms with Gasteiger partial charge in [0.2, 0.25) is 5.88 Å². The predicted molar refractivity (Wildman–Crippen MR) is 81.0 cm³/mol. The summed E-state index contributed by atoms with van der Waals surface area (Å²) in [7, 11) is 0. The van der Waals surface area contributed by atoms with E-state index in [1.54, 1.807) is 6.20 Å². The molecule has 1 aromatic carbocycles. The fraction of sp³-hybridized carbons (Fsp3) is 0.357. The average molecular weight is 342 g/mol. The van der Waals surface area contributed by atoms with Gasteiger partial charge in [0.25, 0.3) is 0 Å². The van der Waals surface area contributed by atoms with Crippen molar-refractivity contribution in [1.29, 1.82) is 0 Å². The largest absolute Gasteiger partial charge is 0.476 e. The highest BCUT2D eigenvalue weighted by atomic mass is 79.9. The Bertz CT molecular complexity index is 599. The number of aromatic nitrogens is 1. The summed E-state index contributed by atoms with van der Waals surface area (Å²) in [6.45, 7) is 1.74. The molecule has 5 heteroatoms. The Balaban J connectivity index is 1.88. The van der Waals surface area contributed by atoms with Crippen LogP contribution in [0.5, 0.6) is 5.88 Å². The number of benzene rings is 1. The molecule has 19 heavy (non-hydrogen) atoms. The molecule has 2 aromatic rings. The van der Waals surface area contributed by atoms with E-state index in [1.807, 2.05) is 18.2 Å². The molecule has 3 nitrogen and oxygen atoms in total. The van der Waals surface area contributed by atoms with Crippen molar-refractivity contribution in [2.45, 2.75) is 18.9 Å². The van der Waals surface area contributed by atoms with Crippen LogP contribution in [0.3, 0.4) is 0 Å². The number of hydrogen-bond acceptors (Lipinski definition) is 3. The van der Waals surface area contributed by atoms with E-state index in [0.29, 0.717) is 23.6 Å². The SMILES string of the molecule is Clc1ccc2c(OCC3CCCN3)nccc2c1Br. The smallest absolute Gasteiger partial charge is 0.221 e. The van der Waals surface area contributed by atoms with Gasteiger partial charge in [0.05, 0.1) is 5.02 Å². The third kappa shape index (κ3) is 2.71. The molecule has 1 fully saturated rings. The van der Waals surface area contributed by atoms with E-state index >= 15 is 0 Å². The fourth-order valence-electron chi connectivity index (χ4n) is 2.36. The molecule has 1 aliphatic heterocycles. The van der Waals surface area contributed by atoms with Gasteiger partial charge in [0.15, 0.2) is 0 Å². The minimum Gasteiger partial charge on any atom is -0.476 e. The molecule has 1 saturated heterocycles. The Kier molecular flexibility index (Phi) is 3.91. The second-order valence-electron chi connectivity index (χ2n) is 4.68. The van der Waals surface area contributed by atoms with Crippen molar-refractivity contribution in [2.24, 2.45) is 0 Å². The first-order chi connectivity index (χ1) is 9.25. The maximum atomic E-state index is 6.10. The van der Waals surface area contributed by atoms with E-state index in [9.17, 15) is 0 Å². The zero-order valence-corrected chi connectivity index (χ0v) is 12.7. The van der Waals surface area contributed by atoms with Crippen molar-refractivity contribution in [1.82, 2.24) is 10.3 Å². The van der Waals surface area contributed by atoms with Crippen LogP contribution in [0.15, 0.2) is 28.9 Å². The molecule has 1 aliphatic rings. The lowest BCUT2D eigenvalue weighted by Gasteiger charge is -2.13. The number of pyridine rings is 1. The zero-order valence-electron chi connectivity index (χ0n) is 10.3. The molecular formula is C14H14BrClN2O. The lowest BCUT2D eigenvalue weighted by Crippen LogP contribution is -2.28. The highest BCUT2D eigenvalue weighted by Gasteiger charge is 2.16. The van der Waals surface area contributed by atoms with Gasteiger partial charge in [-0.25, -0.2) is 4.98 Å². The number of nitrogens with one attached hydrogen (secondary N) is 1. The molecule has 100 valence electrons. The monoisotopic (exact) mass is 340 g/mol. The standard InChI is InChI=1S/C14H14BrClN2O/c15-13-10-5-7-18-14(11(10)3-4-12(13)16)19-8-9-2-1-6-17-9/h3-5,7,9,17H,1-2,6,8H2. The summed E-state index contributed by atoms with van der Waals surface area (Å²) in [4.78, 5) is 4.32. The van der Waals surface area contributed by atoms with Crippen LogP contribution in [0, 0.1) is 0 Å². The van der Waals surface area contributed by atoms with Gasteiger partial charge < -0.3 is 10.1 Å². The molecule has 1 unspecified atom stereocenters. The Hall–Kier alpha value is -0.840. The molecule has 0 bridgehead atoms. The summed E-state index contributed by atoms with van der Waals surface area (Å²) in [5.41, 5.74) is 0. The summed E-state index contributed by atoms with van der Waals surface area (Å²) < 4.78 is 6.75. The highest BCUT2D eigenvalue weighted by Crippen LogP contribution is 2.34. The van der Waals surface area contributed by atoms with Crippen LogP contribution >= 0.6 is 27.5 Å². The van der Waals surface area contributed by atoms with E-state index in [-0.39, 0.29) is 0 Å². The Morgan fingerprint density at radius 2 is 2.26 bits per heavy atom. The van der Waals surface area contributed by atoms with E-state index in [2.05, 4.69) is 26.2 Å². The summed E-state index contributed by atoms with van der Waals surface area (Å²) >= 11 is 9.61. The van der Waals surface area contributed by atoms with Crippen LogP contribution < -0.4 is 10.1 Å². The van der Waals surface area contributed by atoms with E-state index < -0.39 is 0 Å². The van der Waals surface area contributed by atoms with Gasteiger partial charge in [0, 0.05) is 27.5 Å². The van der Waals surface area contributed by atoms with Gasteiger partial charge in [-0.05, 0) is 53.5 Å². The van der Waals surface area contributed by atoms with E-state index in [0.717, 1.165) is 21.8 Å². The van der Waals surface area contributed by atoms with Gasteiger partial charge in [-0.2, -0.15) is 0 Å². The minimum absolute atomic E-state index is 0.438. The fourth-order valence-corrected chi connectivity index (χ4v) is 3.00. The second-order valence-corrected chi connectivity index (χ2v) is 5.88. The average Bonchev–Trinajstić information content (AvgIpc) is 2.94. The first kappa shape index (κ1) is 13.2. The van der Waals surface area contributed by atoms with Crippen LogP contribution in [0.25, 0.3) is 10.8 Å². The Labute approximate surface area is 125 Å². The first-order valence-electron chi connectivity index (χ1n) is 6.34. The van der Waals surface area contributed by atoms with Gasteiger partial charge in [-0.3, -0.25) is 0 Å². The number of rotatable bonds is 3. The van der Waals surface area contributed by atoms with Crippen LogP contribution in [0.2, 0.25) is 5.02 Å². The molecular weight excluding hydrogens is 328 g/mol. The minimum atomic E-state index is 0.438. The van der Waals surface area contributed by atoms with Crippen LogP contribution in [0.1, 0.15) is 12.8 Å². The number of nitrogens with zero attached hydrogens (tertiary/aromatic N) is 1. The van der Waals surface area contributed by atoms with Crippen molar-refractivity contribution in [3.8, 4) is 5.88 Å². The van der Waals surface area contributed by atoms with Crippen molar-refractivity contribution in [3.63, 3.8) is 0 Å². The predicted octanol–water partition coefficient (Wildman–Crippen LogP) is 3.78. The zero-order chi connectivity index (χ0) is 13.2. The number of hydrogen-bond donors (Lipinski definition) is 1. The summed E-state index contributed by atoms with van der Waals surface area (Å²) in [6, 6.07) is 6.18. The van der Waals surface area contributed by atoms with Crippen LogP contribution in [0.4, 0.5) is 0 Å². The Morgan fingerprint density at radius 1 is 1.37 bits per heavy atom. The molecule has 2 heterocycles. The van der Waals surface area contributed by atoms with E-state index in [1.165, 1.54) is 12.8 Å². The van der Waals surface area contributed by atoms with Crippen molar-refractivity contribution >= 4 is 38.3 Å². The maximum Gasteiger partial charge on any atom is 0.221 e. The molecule has 0 aliphatic carbocycles. The van der Waals surface area contributed by atoms with Gasteiger partial charge in [-0.1, -0.05) is 11.6 Å². The molecule has 0 amide bonds. The topological polar surface area (TPSA) is 34.1 Å². The maximum absolute atomic E-state index is 6.10. The molecule has 0 radical (unpaired) electrons. The van der Waals surface area contributed by atoms with Crippen LogP contribution in [-0.2, 0) is 0 Å². The molecule has 1 N–H and O–H groups in total. The van der Waals surface area contributed by atoms with Crippen molar-refractivity contribution < 1.29 is 4.74 Å². The van der Waals surface area contributed by atoms with Crippen molar-refractivity contribution in [2.75, 3.05) is 13.2 Å². The second kappa shape index (κ2) is 5.65. The van der Waals surface area contributed by atoms with E-state index in [4.69, 9.17) is 16.3 Å². The normalized spacial score (nSPS) is 18.9. The third-order valence-corrected chi connectivity index (χ3v) is 4.78.